The Morgan fingerprint density at radius 1 is 0.605 bits per heavy atom. The van der Waals surface area contributed by atoms with Gasteiger partial charge >= 0.3 is 0 Å². The Labute approximate surface area is 224 Å². The van der Waals surface area contributed by atoms with Crippen molar-refractivity contribution in [1.82, 2.24) is 9.97 Å². The fourth-order valence-electron chi connectivity index (χ4n) is 5.73. The maximum Gasteiger partial charge on any atom is 0.0784 e. The summed E-state index contributed by atoms with van der Waals surface area (Å²) >= 11 is 0. The van der Waals surface area contributed by atoms with Gasteiger partial charge in [-0.2, -0.15) is 0 Å². The van der Waals surface area contributed by atoms with Gasteiger partial charge in [-0.25, -0.2) is 0 Å². The highest BCUT2D eigenvalue weighted by molar-refractivity contribution is 5.95. The van der Waals surface area contributed by atoms with Gasteiger partial charge in [0.2, 0.25) is 0 Å². The smallest absolute Gasteiger partial charge is 0.0784 e. The zero-order valence-electron chi connectivity index (χ0n) is 22.0. The first-order valence-corrected chi connectivity index (χ1v) is 13.1. The van der Waals surface area contributed by atoms with E-state index in [0.717, 1.165) is 28.2 Å². The van der Waals surface area contributed by atoms with Crippen molar-refractivity contribution in [1.29, 1.82) is 0 Å². The molecule has 0 aliphatic carbocycles. The van der Waals surface area contributed by atoms with Gasteiger partial charge in [0.05, 0.1) is 23.0 Å². The number of pyridine rings is 2. The maximum atomic E-state index is 5.42. The van der Waals surface area contributed by atoms with Crippen LogP contribution < -0.4 is 0 Å². The van der Waals surface area contributed by atoms with E-state index in [-0.39, 0.29) is 5.92 Å². The molecule has 184 valence electrons. The summed E-state index contributed by atoms with van der Waals surface area (Å²) in [6.07, 6.45) is 1.85. The zero-order valence-corrected chi connectivity index (χ0v) is 22.0. The topological polar surface area (TPSA) is 25.8 Å². The van der Waals surface area contributed by atoms with Gasteiger partial charge in [0, 0.05) is 22.7 Å². The number of fused-ring (bicyclic) bond motifs is 1. The Morgan fingerprint density at radius 3 is 2.08 bits per heavy atom. The number of benzene rings is 4. The monoisotopic (exact) mass is 490 g/mol. The van der Waals surface area contributed by atoms with E-state index < -0.39 is 0 Å². The van der Waals surface area contributed by atoms with Crippen LogP contribution in [0, 0.1) is 20.8 Å². The quantitative estimate of drug-likeness (QED) is 0.241. The number of aromatic nitrogens is 2. The van der Waals surface area contributed by atoms with Crippen LogP contribution in [0.1, 0.15) is 39.4 Å². The molecule has 0 saturated carbocycles. The number of nitrogens with zero attached hydrogens (tertiary/aromatic N) is 2. The lowest BCUT2D eigenvalue weighted by Gasteiger charge is -2.24. The van der Waals surface area contributed by atoms with Crippen molar-refractivity contribution in [2.24, 2.45) is 0 Å². The minimum absolute atomic E-state index is 0.0219. The fraction of sp³-hybridized carbons (Fsp3) is 0.111. The molecule has 2 heterocycles. The largest absolute Gasteiger partial charge is 0.256 e. The highest BCUT2D eigenvalue weighted by Crippen LogP contribution is 2.39. The second-order valence-corrected chi connectivity index (χ2v) is 10.1. The molecule has 0 bridgehead atoms. The van der Waals surface area contributed by atoms with Crippen molar-refractivity contribution in [3.63, 3.8) is 0 Å². The summed E-state index contributed by atoms with van der Waals surface area (Å²) in [7, 11) is 0. The van der Waals surface area contributed by atoms with Crippen molar-refractivity contribution in [2.45, 2.75) is 26.7 Å². The number of hydrogen-bond acceptors (Lipinski definition) is 2. The first-order valence-electron chi connectivity index (χ1n) is 13.1. The molecule has 0 N–H and O–H groups in total. The highest BCUT2D eigenvalue weighted by Gasteiger charge is 2.24. The molecule has 4 aromatic carbocycles. The lowest BCUT2D eigenvalue weighted by atomic mass is 9.81. The van der Waals surface area contributed by atoms with Crippen molar-refractivity contribution < 1.29 is 0 Å². The molecule has 2 aromatic heterocycles. The van der Waals surface area contributed by atoms with Crippen LogP contribution >= 0.6 is 0 Å². The van der Waals surface area contributed by atoms with Crippen molar-refractivity contribution in [2.75, 3.05) is 0 Å². The third kappa shape index (κ3) is 4.50. The average molecular weight is 491 g/mol. The van der Waals surface area contributed by atoms with E-state index in [9.17, 15) is 0 Å². The summed E-state index contributed by atoms with van der Waals surface area (Å²) < 4.78 is 0. The molecule has 38 heavy (non-hydrogen) atoms. The minimum Gasteiger partial charge on any atom is -0.256 e. The van der Waals surface area contributed by atoms with Gasteiger partial charge in [-0.05, 0) is 72.7 Å². The molecule has 1 atom stereocenters. The van der Waals surface area contributed by atoms with Crippen molar-refractivity contribution in [3.05, 3.63) is 155 Å². The summed E-state index contributed by atoms with van der Waals surface area (Å²) in [4.78, 5) is 10.0. The molecule has 2 heteroatoms. The summed E-state index contributed by atoms with van der Waals surface area (Å²) in [5.74, 6) is -0.0219. The lowest BCUT2D eigenvalue weighted by molar-refractivity contribution is 0.902. The van der Waals surface area contributed by atoms with Gasteiger partial charge in [-0.15, -0.1) is 0 Å². The van der Waals surface area contributed by atoms with Crippen LogP contribution in [0.4, 0.5) is 0 Å². The SMILES string of the molecule is Cc1cc(C)c(C(c2cccc(-c3ccccn3)c2)c2cc3ccccc3c(-c3ccccc3)n2)c(C)c1. The van der Waals surface area contributed by atoms with Crippen LogP contribution in [0.25, 0.3) is 33.3 Å². The molecule has 0 spiro atoms. The summed E-state index contributed by atoms with van der Waals surface area (Å²) in [6.45, 7) is 6.62. The van der Waals surface area contributed by atoms with Crippen molar-refractivity contribution >= 4 is 10.8 Å². The molecule has 6 aromatic rings. The molecule has 2 nitrogen and oxygen atoms in total. The molecular formula is C36H30N2. The van der Waals surface area contributed by atoms with E-state index >= 15 is 0 Å². The molecular weight excluding hydrogens is 460 g/mol. The molecule has 6 rings (SSSR count). The van der Waals surface area contributed by atoms with Gasteiger partial charge < -0.3 is 0 Å². The van der Waals surface area contributed by atoms with Crippen LogP contribution in [-0.4, -0.2) is 9.97 Å². The van der Waals surface area contributed by atoms with E-state index in [0.29, 0.717) is 0 Å². The highest BCUT2D eigenvalue weighted by atomic mass is 14.7. The van der Waals surface area contributed by atoms with Crippen LogP contribution in [0.5, 0.6) is 0 Å². The van der Waals surface area contributed by atoms with Gasteiger partial charge in [-0.1, -0.05) is 96.6 Å². The van der Waals surface area contributed by atoms with Crippen LogP contribution in [0.15, 0.2) is 121 Å². The second-order valence-electron chi connectivity index (χ2n) is 10.1. The summed E-state index contributed by atoms with van der Waals surface area (Å²) in [5, 5.41) is 2.37. The second kappa shape index (κ2) is 10.1. The van der Waals surface area contributed by atoms with Gasteiger partial charge in [0.1, 0.15) is 0 Å². The Kier molecular flexibility index (Phi) is 6.31. The van der Waals surface area contributed by atoms with Gasteiger partial charge in [0.15, 0.2) is 0 Å². The number of rotatable bonds is 5. The maximum absolute atomic E-state index is 5.42. The first-order chi connectivity index (χ1) is 18.6. The molecule has 0 amide bonds. The molecule has 0 fully saturated rings. The van der Waals surface area contributed by atoms with E-state index in [1.165, 1.54) is 38.6 Å². The molecule has 0 radical (unpaired) electrons. The van der Waals surface area contributed by atoms with E-state index in [1.807, 2.05) is 18.3 Å². The standard InChI is InChI=1S/C36H30N2/c1-24-20-25(2)34(26(3)21-24)35(30-16-11-15-29(22-30)32-18-9-10-19-37-32)33-23-28-14-7-8-17-31(28)36(38-33)27-12-5-4-6-13-27/h4-23,35H,1-3H3. The minimum atomic E-state index is -0.0219. The Bertz CT molecular complexity index is 1710. The third-order valence-corrected chi connectivity index (χ3v) is 7.31. The molecule has 1 unspecified atom stereocenters. The van der Waals surface area contributed by atoms with Gasteiger partial charge in [-0.3, -0.25) is 9.97 Å². The Morgan fingerprint density at radius 2 is 1.32 bits per heavy atom. The first kappa shape index (κ1) is 23.8. The Hall–Kier alpha value is -4.56. The third-order valence-electron chi connectivity index (χ3n) is 7.31. The predicted octanol–water partition coefficient (Wildman–Crippen LogP) is 9.07. The molecule has 0 aliphatic heterocycles. The average Bonchev–Trinajstić information content (AvgIpc) is 2.95. The lowest BCUT2D eigenvalue weighted by Crippen LogP contribution is -2.11. The summed E-state index contributed by atoms with van der Waals surface area (Å²) in [5.41, 5.74) is 11.7. The summed E-state index contributed by atoms with van der Waals surface area (Å²) in [6, 6.07) is 40.8. The van der Waals surface area contributed by atoms with E-state index in [1.54, 1.807) is 0 Å². The predicted molar refractivity (Wildman–Crippen MR) is 158 cm³/mol. The van der Waals surface area contributed by atoms with E-state index in [2.05, 4.69) is 129 Å². The molecule has 0 aliphatic rings. The molecule has 0 saturated heterocycles. The Balaban J connectivity index is 1.64. The fourth-order valence-corrected chi connectivity index (χ4v) is 5.73. The number of aryl methyl sites for hydroxylation is 3. The van der Waals surface area contributed by atoms with Crippen LogP contribution in [0.3, 0.4) is 0 Å². The van der Waals surface area contributed by atoms with Crippen LogP contribution in [-0.2, 0) is 0 Å². The zero-order chi connectivity index (χ0) is 26.1. The number of hydrogen-bond donors (Lipinski definition) is 0. The van der Waals surface area contributed by atoms with Gasteiger partial charge in [0.25, 0.3) is 0 Å². The normalized spacial score (nSPS) is 12.0. The van der Waals surface area contributed by atoms with E-state index in [4.69, 9.17) is 4.98 Å². The van der Waals surface area contributed by atoms with Crippen molar-refractivity contribution in [3.8, 4) is 22.5 Å². The van der Waals surface area contributed by atoms with Crippen LogP contribution in [0.2, 0.25) is 0 Å².